The van der Waals surface area contributed by atoms with Crippen molar-refractivity contribution in [2.75, 3.05) is 6.61 Å². The highest BCUT2D eigenvalue weighted by molar-refractivity contribution is 6.34. The van der Waals surface area contributed by atoms with Crippen LogP contribution in [0, 0.1) is 17.7 Å². The van der Waals surface area contributed by atoms with Crippen molar-refractivity contribution in [3.63, 3.8) is 0 Å². The van der Waals surface area contributed by atoms with Crippen molar-refractivity contribution in [1.82, 2.24) is 14.8 Å². The average molecular weight is 366 g/mol. The molecule has 0 radical (unpaired) electrons. The minimum Gasteiger partial charge on any atom is -0.416 e. The number of aromatic nitrogens is 3. The number of aliphatic hydroxyl groups is 1. The Morgan fingerprint density at radius 1 is 1.39 bits per heavy atom. The van der Waals surface area contributed by atoms with Gasteiger partial charge in [-0.05, 0) is 12.0 Å². The SMILES string of the molecule is Cn1nc(-c2nc(C#CCO)c(Cl)cc2F)c(Cl)c1OC(F)F. The van der Waals surface area contributed by atoms with E-state index in [1.54, 1.807) is 0 Å². The quantitative estimate of drug-likeness (QED) is 0.849. The predicted molar refractivity (Wildman–Crippen MR) is 77.0 cm³/mol. The highest BCUT2D eigenvalue weighted by Crippen LogP contribution is 2.36. The molecule has 0 unspecified atom stereocenters. The number of hydrogen-bond donors (Lipinski definition) is 1. The van der Waals surface area contributed by atoms with E-state index < -0.39 is 24.9 Å². The number of hydrogen-bond acceptors (Lipinski definition) is 4. The molecule has 0 saturated carbocycles. The molecule has 0 fully saturated rings. The third-order valence-corrected chi connectivity index (χ3v) is 3.21. The monoisotopic (exact) mass is 365 g/mol. The largest absolute Gasteiger partial charge is 0.416 e. The Balaban J connectivity index is 2.58. The van der Waals surface area contributed by atoms with Crippen molar-refractivity contribution in [3.05, 3.63) is 27.6 Å². The third kappa shape index (κ3) is 3.69. The molecule has 0 aromatic carbocycles. The Morgan fingerprint density at radius 3 is 2.70 bits per heavy atom. The molecule has 122 valence electrons. The minimum absolute atomic E-state index is 0.0184. The number of aliphatic hydroxyl groups excluding tert-OH is 1. The number of halogens is 5. The van der Waals surface area contributed by atoms with E-state index in [4.69, 9.17) is 28.3 Å². The van der Waals surface area contributed by atoms with Gasteiger partial charge in [-0.1, -0.05) is 29.1 Å². The molecule has 2 heterocycles. The topological polar surface area (TPSA) is 60.2 Å². The van der Waals surface area contributed by atoms with Crippen molar-refractivity contribution in [2.24, 2.45) is 7.05 Å². The maximum atomic E-state index is 14.1. The molecule has 2 aromatic heterocycles. The molecule has 2 aromatic rings. The molecule has 0 saturated heterocycles. The van der Waals surface area contributed by atoms with Gasteiger partial charge in [-0.3, -0.25) is 0 Å². The number of ether oxygens (including phenoxy) is 1. The Hall–Kier alpha value is -1.95. The van der Waals surface area contributed by atoms with Crippen LogP contribution in [0.15, 0.2) is 6.07 Å². The van der Waals surface area contributed by atoms with Gasteiger partial charge < -0.3 is 9.84 Å². The molecule has 23 heavy (non-hydrogen) atoms. The first-order valence-corrected chi connectivity index (χ1v) is 6.74. The molecule has 0 aliphatic heterocycles. The fourth-order valence-corrected chi connectivity index (χ4v) is 2.17. The van der Waals surface area contributed by atoms with E-state index in [0.717, 1.165) is 10.7 Å². The molecule has 2 rings (SSSR count). The summed E-state index contributed by atoms with van der Waals surface area (Å²) in [5.74, 6) is 3.45. The normalized spacial score (nSPS) is 10.6. The van der Waals surface area contributed by atoms with Crippen LogP contribution in [-0.2, 0) is 7.05 Å². The van der Waals surface area contributed by atoms with Crippen LogP contribution in [0.25, 0.3) is 11.4 Å². The van der Waals surface area contributed by atoms with Gasteiger partial charge in [-0.2, -0.15) is 13.9 Å². The van der Waals surface area contributed by atoms with Crippen LogP contribution in [0.4, 0.5) is 13.2 Å². The lowest BCUT2D eigenvalue weighted by Crippen LogP contribution is -2.06. The zero-order chi connectivity index (χ0) is 17.1. The molecule has 5 nitrogen and oxygen atoms in total. The lowest BCUT2D eigenvalue weighted by Gasteiger charge is -2.04. The van der Waals surface area contributed by atoms with Crippen LogP contribution in [0.2, 0.25) is 10.0 Å². The molecule has 0 spiro atoms. The molecule has 0 aliphatic rings. The zero-order valence-corrected chi connectivity index (χ0v) is 13.0. The number of pyridine rings is 1. The first-order chi connectivity index (χ1) is 10.8. The summed E-state index contributed by atoms with van der Waals surface area (Å²) in [5, 5.41) is 12.1. The summed E-state index contributed by atoms with van der Waals surface area (Å²) >= 11 is 11.7. The smallest absolute Gasteiger partial charge is 0.388 e. The minimum atomic E-state index is -3.12. The van der Waals surface area contributed by atoms with E-state index >= 15 is 0 Å². The summed E-state index contributed by atoms with van der Waals surface area (Å²) in [6.07, 6.45) is 0. The van der Waals surface area contributed by atoms with Crippen molar-refractivity contribution in [2.45, 2.75) is 6.61 Å². The summed E-state index contributed by atoms with van der Waals surface area (Å²) in [7, 11) is 1.30. The van der Waals surface area contributed by atoms with Crippen molar-refractivity contribution in [1.29, 1.82) is 0 Å². The van der Waals surface area contributed by atoms with Gasteiger partial charge in [0.2, 0.25) is 5.88 Å². The molecule has 1 N–H and O–H groups in total. The van der Waals surface area contributed by atoms with Crippen molar-refractivity contribution in [3.8, 4) is 29.1 Å². The second-order valence-electron chi connectivity index (χ2n) is 4.08. The molecule has 0 aliphatic carbocycles. The lowest BCUT2D eigenvalue weighted by atomic mass is 10.2. The molecule has 0 amide bonds. The molecular weight excluding hydrogens is 358 g/mol. The van der Waals surface area contributed by atoms with Gasteiger partial charge in [0.1, 0.15) is 28.7 Å². The first-order valence-electron chi connectivity index (χ1n) is 5.98. The Bertz CT molecular complexity index is 800. The number of nitrogens with zero attached hydrogens (tertiary/aromatic N) is 3. The summed E-state index contributed by atoms with van der Waals surface area (Å²) in [6.45, 7) is -3.56. The van der Waals surface area contributed by atoms with Crippen LogP contribution in [0.1, 0.15) is 5.69 Å². The Morgan fingerprint density at radius 2 is 2.09 bits per heavy atom. The fourth-order valence-electron chi connectivity index (χ4n) is 1.69. The van der Waals surface area contributed by atoms with Crippen molar-refractivity contribution >= 4 is 23.2 Å². The van der Waals surface area contributed by atoms with E-state index in [0.29, 0.717) is 0 Å². The Labute approximate surface area is 138 Å². The molecule has 0 bridgehead atoms. The lowest BCUT2D eigenvalue weighted by molar-refractivity contribution is -0.0552. The predicted octanol–water partition coefficient (Wildman–Crippen LogP) is 2.87. The first kappa shape index (κ1) is 17.4. The van der Waals surface area contributed by atoms with Crippen LogP contribution in [-0.4, -0.2) is 33.1 Å². The van der Waals surface area contributed by atoms with Gasteiger partial charge in [0.25, 0.3) is 0 Å². The van der Waals surface area contributed by atoms with E-state index in [2.05, 4.69) is 26.7 Å². The Kier molecular flexibility index (Phi) is 5.36. The van der Waals surface area contributed by atoms with E-state index in [1.807, 2.05) is 0 Å². The van der Waals surface area contributed by atoms with Gasteiger partial charge in [0.05, 0.1) is 5.02 Å². The molecule has 10 heteroatoms. The van der Waals surface area contributed by atoms with Crippen LogP contribution < -0.4 is 4.74 Å². The van der Waals surface area contributed by atoms with Gasteiger partial charge in [-0.25, -0.2) is 14.1 Å². The fraction of sp³-hybridized carbons (Fsp3) is 0.231. The van der Waals surface area contributed by atoms with E-state index in [1.165, 1.54) is 7.05 Å². The van der Waals surface area contributed by atoms with Gasteiger partial charge in [-0.15, -0.1) is 0 Å². The van der Waals surface area contributed by atoms with Crippen LogP contribution >= 0.6 is 23.2 Å². The van der Waals surface area contributed by atoms with Crippen LogP contribution in [0.3, 0.4) is 0 Å². The molecular formula is C13H8Cl2F3N3O2. The second-order valence-corrected chi connectivity index (χ2v) is 4.86. The zero-order valence-electron chi connectivity index (χ0n) is 11.4. The third-order valence-electron chi connectivity index (χ3n) is 2.58. The number of aryl methyl sites for hydroxylation is 1. The number of alkyl halides is 2. The summed E-state index contributed by atoms with van der Waals surface area (Å²) in [6, 6.07) is 0.934. The maximum absolute atomic E-state index is 14.1. The standard InChI is InChI=1S/C13H8Cl2F3N3O2/c1-21-12(23-13(17)18)9(15)11(20-21)10-7(16)5-6(14)8(19-10)3-2-4-22/h5,13,22H,4H2,1H3. The maximum Gasteiger partial charge on any atom is 0.388 e. The van der Waals surface area contributed by atoms with Gasteiger partial charge in [0, 0.05) is 7.05 Å². The highest BCUT2D eigenvalue weighted by Gasteiger charge is 2.24. The van der Waals surface area contributed by atoms with E-state index in [9.17, 15) is 13.2 Å². The second kappa shape index (κ2) is 7.08. The van der Waals surface area contributed by atoms with Crippen LogP contribution in [0.5, 0.6) is 5.88 Å². The summed E-state index contributed by atoms with van der Waals surface area (Å²) in [4.78, 5) is 3.88. The van der Waals surface area contributed by atoms with E-state index in [-0.39, 0.29) is 27.1 Å². The van der Waals surface area contributed by atoms with Gasteiger partial charge in [0.15, 0.2) is 5.82 Å². The van der Waals surface area contributed by atoms with Crippen molar-refractivity contribution < 1.29 is 23.0 Å². The average Bonchev–Trinajstić information content (AvgIpc) is 2.74. The highest BCUT2D eigenvalue weighted by atomic mass is 35.5. The van der Waals surface area contributed by atoms with Gasteiger partial charge >= 0.3 is 6.61 Å². The number of rotatable bonds is 3. The summed E-state index contributed by atoms with van der Waals surface area (Å²) in [5.41, 5.74) is -0.553. The summed E-state index contributed by atoms with van der Waals surface area (Å²) < 4.78 is 44.0. The molecule has 0 atom stereocenters.